The number of aryl methyl sites for hydroxylation is 1. The fourth-order valence-corrected chi connectivity index (χ4v) is 2.52. The van der Waals surface area contributed by atoms with E-state index in [1.165, 1.54) is 4.88 Å². The van der Waals surface area contributed by atoms with Gasteiger partial charge >= 0.3 is 0 Å². The summed E-state index contributed by atoms with van der Waals surface area (Å²) in [6, 6.07) is 1.92. The van der Waals surface area contributed by atoms with Crippen LogP contribution in [0.1, 0.15) is 16.1 Å². The molecule has 0 unspecified atom stereocenters. The zero-order valence-electron chi connectivity index (χ0n) is 9.92. The number of pyridine rings is 1. The highest BCUT2D eigenvalue weighted by molar-refractivity contribution is 7.09. The number of anilines is 1. The molecule has 2 rings (SSSR count). The molecule has 0 saturated heterocycles. The second-order valence-electron chi connectivity index (χ2n) is 3.88. The number of aromatic nitrogens is 2. The summed E-state index contributed by atoms with van der Waals surface area (Å²) in [6.45, 7) is 2.82. The van der Waals surface area contributed by atoms with Gasteiger partial charge in [0.25, 0.3) is 0 Å². The normalized spacial score (nSPS) is 10.5. The Morgan fingerprint density at radius 3 is 2.94 bits per heavy atom. The Kier molecular flexibility index (Phi) is 3.71. The van der Waals surface area contributed by atoms with Crippen molar-refractivity contribution in [1.29, 1.82) is 0 Å². The van der Waals surface area contributed by atoms with Crippen molar-refractivity contribution in [2.24, 2.45) is 0 Å². The van der Waals surface area contributed by atoms with Gasteiger partial charge in [-0.3, -0.25) is 4.98 Å². The van der Waals surface area contributed by atoms with E-state index < -0.39 is 0 Å². The summed E-state index contributed by atoms with van der Waals surface area (Å²) in [5.41, 5.74) is 4.78. The summed E-state index contributed by atoms with van der Waals surface area (Å²) in [5, 5.41) is 9.27. The molecular weight excluding hydrogens is 234 g/mol. The summed E-state index contributed by atoms with van der Waals surface area (Å²) in [7, 11) is 2.01. The first-order chi connectivity index (χ1) is 8.22. The summed E-state index contributed by atoms with van der Waals surface area (Å²) < 4.78 is 0. The lowest BCUT2D eigenvalue weighted by atomic mass is 10.2. The van der Waals surface area contributed by atoms with Crippen LogP contribution < -0.4 is 4.90 Å². The van der Waals surface area contributed by atoms with E-state index in [9.17, 15) is 5.11 Å². The second kappa shape index (κ2) is 5.25. The molecule has 5 heteroatoms. The van der Waals surface area contributed by atoms with Gasteiger partial charge in [-0.15, -0.1) is 11.3 Å². The fourth-order valence-electron chi connectivity index (χ4n) is 1.69. The lowest BCUT2D eigenvalue weighted by Crippen LogP contribution is -2.18. The van der Waals surface area contributed by atoms with Crippen molar-refractivity contribution in [1.82, 2.24) is 9.97 Å². The van der Waals surface area contributed by atoms with E-state index in [0.717, 1.165) is 23.5 Å². The molecule has 0 aliphatic carbocycles. The lowest BCUT2D eigenvalue weighted by molar-refractivity contribution is 0.281. The molecule has 0 aliphatic heterocycles. The zero-order valence-corrected chi connectivity index (χ0v) is 10.7. The number of hydrogen-bond donors (Lipinski definition) is 1. The monoisotopic (exact) mass is 249 g/mol. The minimum Gasteiger partial charge on any atom is -0.392 e. The van der Waals surface area contributed by atoms with Crippen LogP contribution in [0, 0.1) is 6.92 Å². The van der Waals surface area contributed by atoms with Crippen LogP contribution in [0.25, 0.3) is 0 Å². The van der Waals surface area contributed by atoms with E-state index in [4.69, 9.17) is 0 Å². The highest BCUT2D eigenvalue weighted by Crippen LogP contribution is 2.22. The van der Waals surface area contributed by atoms with Gasteiger partial charge in [0.1, 0.15) is 0 Å². The van der Waals surface area contributed by atoms with Crippen molar-refractivity contribution in [3.63, 3.8) is 0 Å². The van der Waals surface area contributed by atoms with E-state index in [1.807, 2.05) is 25.5 Å². The van der Waals surface area contributed by atoms with E-state index in [-0.39, 0.29) is 6.61 Å². The van der Waals surface area contributed by atoms with E-state index in [0.29, 0.717) is 0 Å². The van der Waals surface area contributed by atoms with E-state index in [1.54, 1.807) is 23.7 Å². The summed E-state index contributed by atoms with van der Waals surface area (Å²) in [5.74, 6) is 0. The maximum absolute atomic E-state index is 9.27. The molecule has 90 valence electrons. The molecule has 17 heavy (non-hydrogen) atoms. The number of thiazole rings is 1. The van der Waals surface area contributed by atoms with Crippen LogP contribution in [-0.4, -0.2) is 22.1 Å². The van der Waals surface area contributed by atoms with Gasteiger partial charge < -0.3 is 10.0 Å². The molecule has 0 aromatic carbocycles. The number of nitrogens with zero attached hydrogens (tertiary/aromatic N) is 3. The third-order valence-electron chi connectivity index (χ3n) is 2.69. The highest BCUT2D eigenvalue weighted by Gasteiger charge is 2.09. The van der Waals surface area contributed by atoms with Crippen LogP contribution in [0.3, 0.4) is 0 Å². The summed E-state index contributed by atoms with van der Waals surface area (Å²) >= 11 is 1.66. The maximum atomic E-state index is 9.27. The first-order valence-corrected chi connectivity index (χ1v) is 6.24. The minimum atomic E-state index is 0.00911. The maximum Gasteiger partial charge on any atom is 0.0798 e. The molecule has 4 nitrogen and oxygen atoms in total. The highest BCUT2D eigenvalue weighted by atomic mass is 32.1. The largest absolute Gasteiger partial charge is 0.392 e. The smallest absolute Gasteiger partial charge is 0.0798 e. The molecule has 0 saturated carbocycles. The van der Waals surface area contributed by atoms with Gasteiger partial charge in [-0.1, -0.05) is 0 Å². The van der Waals surface area contributed by atoms with Crippen molar-refractivity contribution in [3.8, 4) is 0 Å². The molecule has 0 radical (unpaired) electrons. The predicted octanol–water partition coefficient (Wildman–Crippen LogP) is 1.98. The van der Waals surface area contributed by atoms with Crippen molar-refractivity contribution in [2.75, 3.05) is 11.9 Å². The third kappa shape index (κ3) is 2.62. The second-order valence-corrected chi connectivity index (χ2v) is 4.82. The van der Waals surface area contributed by atoms with Crippen molar-refractivity contribution >= 4 is 17.0 Å². The van der Waals surface area contributed by atoms with Gasteiger partial charge in [-0.05, 0) is 13.0 Å². The van der Waals surface area contributed by atoms with Crippen LogP contribution in [0.15, 0.2) is 24.0 Å². The van der Waals surface area contributed by atoms with Gasteiger partial charge in [0.05, 0.1) is 24.4 Å². The summed E-state index contributed by atoms with van der Waals surface area (Å²) in [6.07, 6.45) is 3.44. The zero-order chi connectivity index (χ0) is 12.3. The fraction of sp³-hybridized carbons (Fsp3) is 0.333. The molecule has 0 atom stereocenters. The first-order valence-electron chi connectivity index (χ1n) is 5.36. The van der Waals surface area contributed by atoms with E-state index in [2.05, 4.69) is 14.9 Å². The number of hydrogen-bond acceptors (Lipinski definition) is 5. The molecule has 0 aliphatic rings. The lowest BCUT2D eigenvalue weighted by Gasteiger charge is -2.21. The standard InChI is InChI=1S/C12H15N3OS/c1-9-12(17-8-14-9)6-15(2)11-3-4-13-5-10(11)7-16/h3-5,8,16H,6-7H2,1-2H3. The molecule has 2 aromatic heterocycles. The molecule has 0 bridgehead atoms. The molecular formula is C12H15N3OS. The van der Waals surface area contributed by atoms with Gasteiger partial charge in [0.15, 0.2) is 0 Å². The Labute approximate surface area is 105 Å². The van der Waals surface area contributed by atoms with Gasteiger partial charge in [-0.2, -0.15) is 0 Å². The summed E-state index contributed by atoms with van der Waals surface area (Å²) in [4.78, 5) is 11.6. The Morgan fingerprint density at radius 1 is 1.47 bits per heavy atom. The minimum absolute atomic E-state index is 0.00911. The first kappa shape index (κ1) is 12.0. The van der Waals surface area contributed by atoms with Gasteiger partial charge in [0, 0.05) is 35.6 Å². The topological polar surface area (TPSA) is 49.2 Å². The Balaban J connectivity index is 2.20. The van der Waals surface area contributed by atoms with Crippen LogP contribution >= 0.6 is 11.3 Å². The Hall–Kier alpha value is -1.46. The van der Waals surface area contributed by atoms with Crippen LogP contribution in [0.2, 0.25) is 0 Å². The third-order valence-corrected chi connectivity index (χ3v) is 3.60. The molecule has 0 amide bonds. The molecule has 2 aromatic rings. The number of rotatable bonds is 4. The molecule has 2 heterocycles. The van der Waals surface area contributed by atoms with Crippen molar-refractivity contribution in [3.05, 3.63) is 40.1 Å². The van der Waals surface area contributed by atoms with E-state index >= 15 is 0 Å². The average molecular weight is 249 g/mol. The van der Waals surface area contributed by atoms with Gasteiger partial charge in [-0.25, -0.2) is 4.98 Å². The Morgan fingerprint density at radius 2 is 2.29 bits per heavy atom. The molecule has 0 fully saturated rings. The van der Waals surface area contributed by atoms with Gasteiger partial charge in [0.2, 0.25) is 0 Å². The Bertz CT molecular complexity index is 498. The van der Waals surface area contributed by atoms with Crippen LogP contribution in [0.5, 0.6) is 0 Å². The van der Waals surface area contributed by atoms with Crippen molar-refractivity contribution < 1.29 is 5.11 Å². The molecule has 0 spiro atoms. The van der Waals surface area contributed by atoms with Crippen molar-refractivity contribution in [2.45, 2.75) is 20.1 Å². The number of aliphatic hydroxyl groups excluding tert-OH is 1. The molecule has 1 N–H and O–H groups in total. The SMILES string of the molecule is Cc1ncsc1CN(C)c1ccncc1CO. The van der Waals surface area contributed by atoms with Crippen LogP contribution in [-0.2, 0) is 13.2 Å². The predicted molar refractivity (Wildman–Crippen MR) is 69.1 cm³/mol. The number of aliphatic hydroxyl groups is 1. The van der Waals surface area contributed by atoms with Crippen LogP contribution in [0.4, 0.5) is 5.69 Å². The quantitative estimate of drug-likeness (QED) is 0.900. The average Bonchev–Trinajstić information content (AvgIpc) is 2.75.